The number of benzene rings is 7. The molecule has 3 aromatic heterocycles. The van der Waals surface area contributed by atoms with Crippen LogP contribution in [-0.4, -0.2) is 14.0 Å². The van der Waals surface area contributed by atoms with Crippen LogP contribution < -0.4 is 0 Å². The molecule has 7 aromatic carbocycles. The van der Waals surface area contributed by atoms with E-state index >= 15 is 0 Å². The molecule has 0 aliphatic heterocycles. The zero-order valence-electron chi connectivity index (χ0n) is 26.1. The molecular formula is C45H29N3. The van der Waals surface area contributed by atoms with Crippen molar-refractivity contribution in [3.05, 3.63) is 176 Å². The van der Waals surface area contributed by atoms with Gasteiger partial charge in [-0.15, -0.1) is 0 Å². The summed E-state index contributed by atoms with van der Waals surface area (Å²) in [7, 11) is 0. The van der Waals surface area contributed by atoms with Crippen LogP contribution in [0.25, 0.3) is 88.3 Å². The Bertz CT molecular complexity index is 2780. The van der Waals surface area contributed by atoms with E-state index in [2.05, 4.69) is 185 Å². The SMILES string of the molecule is c1ccc(-c2cc(-c3cccc(-n4c5ccccc5c5ccccc54)c3)cc(-c3ccc4nc5c6ccccc6ccn5c4c3)c2)cc1. The van der Waals surface area contributed by atoms with Gasteiger partial charge < -0.3 is 4.57 Å². The first-order valence-corrected chi connectivity index (χ1v) is 16.4. The van der Waals surface area contributed by atoms with Crippen LogP contribution in [0.3, 0.4) is 0 Å². The van der Waals surface area contributed by atoms with Gasteiger partial charge in [-0.05, 0) is 99.4 Å². The van der Waals surface area contributed by atoms with Crippen molar-refractivity contribution in [2.24, 2.45) is 0 Å². The van der Waals surface area contributed by atoms with Crippen LogP contribution >= 0.6 is 0 Å². The summed E-state index contributed by atoms with van der Waals surface area (Å²) in [6, 6.07) is 61.2. The number of fused-ring (bicyclic) bond motifs is 8. The lowest BCUT2D eigenvalue weighted by Crippen LogP contribution is -1.94. The van der Waals surface area contributed by atoms with Crippen LogP contribution in [0.5, 0.6) is 0 Å². The fraction of sp³-hybridized carbons (Fsp3) is 0. The van der Waals surface area contributed by atoms with Crippen LogP contribution in [0.2, 0.25) is 0 Å². The fourth-order valence-electron chi connectivity index (χ4n) is 7.40. The van der Waals surface area contributed by atoms with E-state index in [1.54, 1.807) is 0 Å². The normalized spacial score (nSPS) is 11.8. The van der Waals surface area contributed by atoms with Gasteiger partial charge in [0.05, 0.1) is 22.1 Å². The number of pyridine rings is 1. The summed E-state index contributed by atoms with van der Waals surface area (Å²) in [6.07, 6.45) is 2.14. The maximum Gasteiger partial charge on any atom is 0.145 e. The Kier molecular flexibility index (Phi) is 5.87. The van der Waals surface area contributed by atoms with E-state index in [9.17, 15) is 0 Å². The molecule has 10 aromatic rings. The van der Waals surface area contributed by atoms with Crippen LogP contribution in [0.15, 0.2) is 176 Å². The second kappa shape index (κ2) is 10.5. The molecule has 3 heteroatoms. The molecule has 0 fully saturated rings. The summed E-state index contributed by atoms with van der Waals surface area (Å²) in [4.78, 5) is 5.05. The first-order chi connectivity index (χ1) is 23.8. The summed E-state index contributed by atoms with van der Waals surface area (Å²) in [5, 5.41) is 4.89. The monoisotopic (exact) mass is 611 g/mol. The molecule has 0 aliphatic rings. The number of hydrogen-bond donors (Lipinski definition) is 0. The molecule has 0 radical (unpaired) electrons. The van der Waals surface area contributed by atoms with Crippen molar-refractivity contribution in [1.29, 1.82) is 0 Å². The van der Waals surface area contributed by atoms with Crippen LogP contribution in [0.4, 0.5) is 0 Å². The molecule has 0 bridgehead atoms. The molecule has 0 saturated heterocycles. The molecule has 0 atom stereocenters. The predicted octanol–water partition coefficient (Wildman–Crippen LogP) is 11.7. The van der Waals surface area contributed by atoms with Crippen LogP contribution in [0.1, 0.15) is 0 Å². The first kappa shape index (κ1) is 26.7. The van der Waals surface area contributed by atoms with Gasteiger partial charge in [-0.1, -0.05) is 109 Å². The van der Waals surface area contributed by atoms with E-state index in [-0.39, 0.29) is 0 Å². The summed E-state index contributed by atoms with van der Waals surface area (Å²) >= 11 is 0. The molecular weight excluding hydrogens is 583 g/mol. The largest absolute Gasteiger partial charge is 0.309 e. The van der Waals surface area contributed by atoms with Gasteiger partial charge in [0.1, 0.15) is 5.65 Å². The Hall–Kier alpha value is -6.45. The van der Waals surface area contributed by atoms with Crippen molar-refractivity contribution < 1.29 is 0 Å². The lowest BCUT2D eigenvalue weighted by atomic mass is 9.93. The number of nitrogens with zero attached hydrogens (tertiary/aromatic N) is 3. The molecule has 0 amide bonds. The van der Waals surface area contributed by atoms with Gasteiger partial charge in [-0.2, -0.15) is 0 Å². The van der Waals surface area contributed by atoms with E-state index < -0.39 is 0 Å². The molecule has 3 heterocycles. The van der Waals surface area contributed by atoms with E-state index in [1.807, 2.05) is 0 Å². The second-order valence-electron chi connectivity index (χ2n) is 12.5. The zero-order valence-corrected chi connectivity index (χ0v) is 26.1. The molecule has 48 heavy (non-hydrogen) atoms. The molecule has 0 unspecified atom stereocenters. The Morgan fingerprint density at radius 1 is 0.375 bits per heavy atom. The van der Waals surface area contributed by atoms with Gasteiger partial charge in [0.2, 0.25) is 0 Å². The van der Waals surface area contributed by atoms with Crippen molar-refractivity contribution in [2.45, 2.75) is 0 Å². The van der Waals surface area contributed by atoms with Gasteiger partial charge in [-0.25, -0.2) is 4.98 Å². The summed E-state index contributed by atoms with van der Waals surface area (Å²) in [5.41, 5.74) is 13.7. The minimum Gasteiger partial charge on any atom is -0.309 e. The third-order valence-corrected chi connectivity index (χ3v) is 9.69. The number of aromatic nitrogens is 3. The van der Waals surface area contributed by atoms with Crippen molar-refractivity contribution >= 4 is 49.3 Å². The fourth-order valence-corrected chi connectivity index (χ4v) is 7.40. The maximum atomic E-state index is 5.05. The molecule has 0 spiro atoms. The molecule has 0 saturated carbocycles. The molecule has 0 N–H and O–H groups in total. The molecule has 10 rings (SSSR count). The summed E-state index contributed by atoms with van der Waals surface area (Å²) < 4.78 is 4.61. The molecule has 224 valence electrons. The van der Waals surface area contributed by atoms with Gasteiger partial charge in [0.15, 0.2) is 0 Å². The van der Waals surface area contributed by atoms with E-state index in [0.29, 0.717) is 0 Å². The third-order valence-electron chi connectivity index (χ3n) is 9.69. The van der Waals surface area contributed by atoms with Gasteiger partial charge in [0, 0.05) is 28.0 Å². The van der Waals surface area contributed by atoms with Crippen LogP contribution in [0, 0.1) is 0 Å². The maximum absolute atomic E-state index is 5.05. The van der Waals surface area contributed by atoms with E-state index in [4.69, 9.17) is 4.98 Å². The Morgan fingerprint density at radius 3 is 1.73 bits per heavy atom. The molecule has 3 nitrogen and oxygen atoms in total. The number of imidazole rings is 1. The first-order valence-electron chi connectivity index (χ1n) is 16.4. The number of para-hydroxylation sites is 2. The van der Waals surface area contributed by atoms with Gasteiger partial charge >= 0.3 is 0 Å². The number of rotatable bonds is 4. The number of hydrogen-bond acceptors (Lipinski definition) is 1. The Morgan fingerprint density at radius 2 is 0.979 bits per heavy atom. The minimum absolute atomic E-state index is 0.987. The third kappa shape index (κ3) is 4.18. The van der Waals surface area contributed by atoms with E-state index in [0.717, 1.165) is 33.3 Å². The highest BCUT2D eigenvalue weighted by atomic mass is 15.0. The highest BCUT2D eigenvalue weighted by Gasteiger charge is 2.14. The average molecular weight is 612 g/mol. The van der Waals surface area contributed by atoms with Gasteiger partial charge in [0.25, 0.3) is 0 Å². The minimum atomic E-state index is 0.987. The second-order valence-corrected chi connectivity index (χ2v) is 12.5. The average Bonchev–Trinajstić information content (AvgIpc) is 3.71. The summed E-state index contributed by atoms with van der Waals surface area (Å²) in [5.74, 6) is 0. The lowest BCUT2D eigenvalue weighted by Gasteiger charge is -2.14. The van der Waals surface area contributed by atoms with Crippen LogP contribution in [-0.2, 0) is 0 Å². The predicted molar refractivity (Wildman–Crippen MR) is 201 cm³/mol. The topological polar surface area (TPSA) is 22.2 Å². The van der Waals surface area contributed by atoms with Crippen molar-refractivity contribution in [1.82, 2.24) is 14.0 Å². The zero-order chi connectivity index (χ0) is 31.6. The highest BCUT2D eigenvalue weighted by Crippen LogP contribution is 2.37. The highest BCUT2D eigenvalue weighted by molar-refractivity contribution is 6.09. The standard InChI is InChI=1S/C45H29N3/c1-2-11-30(12-3-1)34-25-35(32-14-10-15-37(28-32)48-42-19-8-6-17-39(42)40-18-7-9-20-43(40)48)27-36(26-34)33-21-22-41-44(29-33)47-24-23-31-13-4-5-16-38(31)45(47)46-41/h1-29H. The lowest BCUT2D eigenvalue weighted by molar-refractivity contribution is 1.18. The smallest absolute Gasteiger partial charge is 0.145 e. The van der Waals surface area contributed by atoms with Crippen molar-refractivity contribution in [3.8, 4) is 39.1 Å². The van der Waals surface area contributed by atoms with Crippen molar-refractivity contribution in [3.63, 3.8) is 0 Å². The Labute approximate surface area is 277 Å². The quantitative estimate of drug-likeness (QED) is 0.194. The summed E-state index contributed by atoms with van der Waals surface area (Å²) in [6.45, 7) is 0. The van der Waals surface area contributed by atoms with Gasteiger partial charge in [-0.3, -0.25) is 4.40 Å². The van der Waals surface area contributed by atoms with Crippen molar-refractivity contribution in [2.75, 3.05) is 0 Å². The van der Waals surface area contributed by atoms with E-state index in [1.165, 1.54) is 55.0 Å². The Balaban J connectivity index is 1.16. The molecule has 0 aliphatic carbocycles.